The minimum absolute atomic E-state index is 0.306. The third kappa shape index (κ3) is 2.21. The Bertz CT molecular complexity index is 508. The van der Waals surface area contributed by atoms with Crippen LogP contribution in [-0.4, -0.2) is 9.78 Å². The maximum absolute atomic E-state index is 6.10. The molecule has 2 N–H and O–H groups in total. The van der Waals surface area contributed by atoms with E-state index >= 15 is 0 Å². The van der Waals surface area contributed by atoms with Crippen LogP contribution < -0.4 is 5.73 Å². The number of nitrogens with zero attached hydrogens (tertiary/aromatic N) is 2. The molecule has 1 aromatic heterocycles. The average Bonchev–Trinajstić information content (AvgIpc) is 2.67. The molecule has 0 aliphatic heterocycles. The van der Waals surface area contributed by atoms with Crippen molar-refractivity contribution in [1.82, 2.24) is 9.78 Å². The van der Waals surface area contributed by atoms with Crippen molar-refractivity contribution in [3.63, 3.8) is 0 Å². The summed E-state index contributed by atoms with van der Waals surface area (Å²) in [5.74, 6) is 0. The first kappa shape index (κ1) is 11.5. The molecule has 1 aromatic carbocycles. The molecule has 5 heteroatoms. The smallest absolute Gasteiger partial charge is 0.0598 e. The van der Waals surface area contributed by atoms with Gasteiger partial charge in [0.1, 0.15) is 0 Å². The van der Waals surface area contributed by atoms with Gasteiger partial charge in [-0.3, -0.25) is 4.68 Å². The molecule has 0 aliphatic carbocycles. The van der Waals surface area contributed by atoms with E-state index in [4.69, 9.17) is 28.9 Å². The maximum atomic E-state index is 6.10. The van der Waals surface area contributed by atoms with E-state index in [0.717, 1.165) is 11.1 Å². The summed E-state index contributed by atoms with van der Waals surface area (Å²) in [5.41, 5.74) is 7.82. The molecule has 3 nitrogen and oxygen atoms in total. The molecule has 0 bridgehead atoms. The van der Waals surface area contributed by atoms with Crippen LogP contribution in [-0.2, 0) is 7.05 Å². The molecular formula is C11H11Cl2N3. The number of rotatable bonds is 2. The SMILES string of the molecule is Cn1cc(C(N)c2cc(Cl)ccc2Cl)cn1. The Balaban J connectivity index is 2.40. The summed E-state index contributed by atoms with van der Waals surface area (Å²) in [5, 5.41) is 5.31. The van der Waals surface area contributed by atoms with Crippen molar-refractivity contribution in [2.75, 3.05) is 0 Å². The average molecular weight is 256 g/mol. The van der Waals surface area contributed by atoms with Gasteiger partial charge in [-0.1, -0.05) is 23.2 Å². The van der Waals surface area contributed by atoms with Crippen LogP contribution in [0.3, 0.4) is 0 Å². The Hall–Kier alpha value is -1.03. The topological polar surface area (TPSA) is 43.8 Å². The van der Waals surface area contributed by atoms with Gasteiger partial charge in [-0.2, -0.15) is 5.10 Å². The van der Waals surface area contributed by atoms with Crippen molar-refractivity contribution in [2.24, 2.45) is 12.8 Å². The predicted molar refractivity (Wildman–Crippen MR) is 65.7 cm³/mol. The minimum Gasteiger partial charge on any atom is -0.320 e. The lowest BCUT2D eigenvalue weighted by Gasteiger charge is -2.12. The van der Waals surface area contributed by atoms with Crippen molar-refractivity contribution in [1.29, 1.82) is 0 Å². The molecule has 84 valence electrons. The van der Waals surface area contributed by atoms with Gasteiger partial charge in [0.2, 0.25) is 0 Å². The van der Waals surface area contributed by atoms with Crippen molar-refractivity contribution in [2.45, 2.75) is 6.04 Å². The molecule has 0 aliphatic rings. The first-order valence-electron chi connectivity index (χ1n) is 4.77. The van der Waals surface area contributed by atoms with Crippen LogP contribution in [0.1, 0.15) is 17.2 Å². The first-order chi connectivity index (χ1) is 7.58. The number of aromatic nitrogens is 2. The standard InChI is InChI=1S/C11H11Cl2N3/c1-16-6-7(5-15-16)11(14)9-4-8(12)2-3-10(9)13/h2-6,11H,14H2,1H3. The third-order valence-corrected chi connectivity index (χ3v) is 2.96. The molecular weight excluding hydrogens is 245 g/mol. The number of aryl methyl sites for hydroxylation is 1. The lowest BCUT2D eigenvalue weighted by molar-refractivity contribution is 0.765. The van der Waals surface area contributed by atoms with Crippen LogP contribution in [0.25, 0.3) is 0 Å². The van der Waals surface area contributed by atoms with Gasteiger partial charge in [0, 0.05) is 28.9 Å². The second-order valence-electron chi connectivity index (χ2n) is 3.59. The molecule has 16 heavy (non-hydrogen) atoms. The predicted octanol–water partition coefficient (Wildman–Crippen LogP) is 2.78. The summed E-state index contributed by atoms with van der Waals surface area (Å²) < 4.78 is 1.70. The van der Waals surface area contributed by atoms with Crippen LogP contribution in [0.15, 0.2) is 30.6 Å². The highest BCUT2D eigenvalue weighted by Gasteiger charge is 2.14. The van der Waals surface area contributed by atoms with Gasteiger partial charge in [0.25, 0.3) is 0 Å². The van der Waals surface area contributed by atoms with Gasteiger partial charge in [0.05, 0.1) is 12.2 Å². The normalized spacial score (nSPS) is 12.8. The van der Waals surface area contributed by atoms with Gasteiger partial charge >= 0.3 is 0 Å². The minimum atomic E-state index is -0.306. The van der Waals surface area contributed by atoms with Gasteiger partial charge < -0.3 is 5.73 Å². The number of nitrogens with two attached hydrogens (primary N) is 1. The molecule has 0 saturated heterocycles. The Morgan fingerprint density at radius 3 is 2.75 bits per heavy atom. The van der Waals surface area contributed by atoms with E-state index in [0.29, 0.717) is 10.0 Å². The molecule has 0 spiro atoms. The summed E-state index contributed by atoms with van der Waals surface area (Å²) in [6, 6.07) is 4.96. The fourth-order valence-electron chi connectivity index (χ4n) is 1.53. The highest BCUT2D eigenvalue weighted by molar-refractivity contribution is 6.33. The first-order valence-corrected chi connectivity index (χ1v) is 5.52. The Kier molecular flexibility index (Phi) is 3.19. The van der Waals surface area contributed by atoms with E-state index in [-0.39, 0.29) is 6.04 Å². The van der Waals surface area contributed by atoms with Gasteiger partial charge in [-0.05, 0) is 23.8 Å². The summed E-state index contributed by atoms with van der Waals surface area (Å²) in [6.07, 6.45) is 3.59. The quantitative estimate of drug-likeness (QED) is 0.897. The summed E-state index contributed by atoms with van der Waals surface area (Å²) in [7, 11) is 1.84. The Morgan fingerprint density at radius 2 is 2.12 bits per heavy atom. The van der Waals surface area contributed by atoms with E-state index in [2.05, 4.69) is 5.10 Å². The fourth-order valence-corrected chi connectivity index (χ4v) is 1.95. The highest BCUT2D eigenvalue weighted by atomic mass is 35.5. The second-order valence-corrected chi connectivity index (χ2v) is 4.43. The zero-order chi connectivity index (χ0) is 11.7. The van der Waals surface area contributed by atoms with Gasteiger partial charge in [0.15, 0.2) is 0 Å². The van der Waals surface area contributed by atoms with Crippen LogP contribution in [0.5, 0.6) is 0 Å². The molecule has 1 atom stereocenters. The summed E-state index contributed by atoms with van der Waals surface area (Å²) in [6.45, 7) is 0. The second kappa shape index (κ2) is 4.45. The molecule has 0 fully saturated rings. The molecule has 0 amide bonds. The van der Waals surface area contributed by atoms with Crippen LogP contribution >= 0.6 is 23.2 Å². The Morgan fingerprint density at radius 1 is 1.38 bits per heavy atom. The molecule has 2 rings (SSSR count). The van der Waals surface area contributed by atoms with Crippen molar-refractivity contribution < 1.29 is 0 Å². The maximum Gasteiger partial charge on any atom is 0.0598 e. The molecule has 0 radical (unpaired) electrons. The molecule has 1 heterocycles. The van der Waals surface area contributed by atoms with Crippen LogP contribution in [0.2, 0.25) is 10.0 Å². The van der Waals surface area contributed by atoms with E-state index in [1.807, 2.05) is 13.2 Å². The number of hydrogen-bond donors (Lipinski definition) is 1. The number of benzene rings is 1. The third-order valence-electron chi connectivity index (χ3n) is 2.38. The van der Waals surface area contributed by atoms with E-state index in [1.54, 1.807) is 29.1 Å². The van der Waals surface area contributed by atoms with Crippen molar-refractivity contribution >= 4 is 23.2 Å². The summed E-state index contributed by atoms with van der Waals surface area (Å²) >= 11 is 12.0. The Labute approximate surface area is 104 Å². The monoisotopic (exact) mass is 255 g/mol. The van der Waals surface area contributed by atoms with E-state index in [1.165, 1.54) is 0 Å². The lowest BCUT2D eigenvalue weighted by atomic mass is 10.0. The van der Waals surface area contributed by atoms with Gasteiger partial charge in [-0.25, -0.2) is 0 Å². The van der Waals surface area contributed by atoms with Crippen molar-refractivity contribution in [3.8, 4) is 0 Å². The number of halogens is 2. The van der Waals surface area contributed by atoms with E-state index in [9.17, 15) is 0 Å². The molecule has 2 aromatic rings. The van der Waals surface area contributed by atoms with Crippen molar-refractivity contribution in [3.05, 3.63) is 51.8 Å². The zero-order valence-electron chi connectivity index (χ0n) is 8.69. The highest BCUT2D eigenvalue weighted by Crippen LogP contribution is 2.28. The van der Waals surface area contributed by atoms with Crippen LogP contribution in [0, 0.1) is 0 Å². The summed E-state index contributed by atoms with van der Waals surface area (Å²) in [4.78, 5) is 0. The largest absolute Gasteiger partial charge is 0.320 e. The fraction of sp³-hybridized carbons (Fsp3) is 0.182. The lowest BCUT2D eigenvalue weighted by Crippen LogP contribution is -2.11. The number of hydrogen-bond acceptors (Lipinski definition) is 2. The molecule has 1 unspecified atom stereocenters. The molecule has 0 saturated carbocycles. The van der Waals surface area contributed by atoms with E-state index < -0.39 is 0 Å². The zero-order valence-corrected chi connectivity index (χ0v) is 10.2. The van der Waals surface area contributed by atoms with Crippen LogP contribution in [0.4, 0.5) is 0 Å². The van der Waals surface area contributed by atoms with Gasteiger partial charge in [-0.15, -0.1) is 0 Å².